The summed E-state index contributed by atoms with van der Waals surface area (Å²) in [6.07, 6.45) is 0. The molecule has 0 radical (unpaired) electrons. The highest BCUT2D eigenvalue weighted by molar-refractivity contribution is 5.62. The van der Waals surface area contributed by atoms with Crippen molar-refractivity contribution in [2.24, 2.45) is 0 Å². The van der Waals surface area contributed by atoms with Crippen molar-refractivity contribution in [2.45, 2.75) is 27.7 Å². The van der Waals surface area contributed by atoms with Crippen molar-refractivity contribution < 1.29 is 4.52 Å². The van der Waals surface area contributed by atoms with E-state index >= 15 is 0 Å². The summed E-state index contributed by atoms with van der Waals surface area (Å²) in [5.41, 5.74) is 6.81. The first-order valence-corrected chi connectivity index (χ1v) is 8.44. The average Bonchev–Trinajstić information content (AvgIpc) is 3.21. The van der Waals surface area contributed by atoms with E-state index in [1.165, 1.54) is 11.1 Å². The summed E-state index contributed by atoms with van der Waals surface area (Å²) in [7, 11) is 0. The van der Waals surface area contributed by atoms with Crippen LogP contribution in [0, 0.1) is 27.7 Å². The summed E-state index contributed by atoms with van der Waals surface area (Å²) < 4.78 is 7.26. The number of hydrogen-bond donors (Lipinski definition) is 0. The van der Waals surface area contributed by atoms with Gasteiger partial charge < -0.3 is 4.52 Å². The Balaban J connectivity index is 1.74. The van der Waals surface area contributed by atoms with Crippen molar-refractivity contribution in [3.8, 4) is 28.7 Å². The minimum absolute atomic E-state index is 0.372. The summed E-state index contributed by atoms with van der Waals surface area (Å²) >= 11 is 0. The first kappa shape index (κ1) is 16.2. The van der Waals surface area contributed by atoms with Gasteiger partial charge in [-0.1, -0.05) is 40.7 Å². The summed E-state index contributed by atoms with van der Waals surface area (Å²) in [5, 5.41) is 12.7. The minimum atomic E-state index is 0.372. The van der Waals surface area contributed by atoms with E-state index in [4.69, 9.17) is 4.52 Å². The molecule has 4 aromatic rings. The maximum atomic E-state index is 5.46. The molecule has 0 unspecified atom stereocenters. The molecular weight excluding hydrogens is 326 g/mol. The van der Waals surface area contributed by atoms with Gasteiger partial charge in [-0.25, -0.2) is 4.68 Å². The van der Waals surface area contributed by atoms with Crippen LogP contribution in [0.2, 0.25) is 0 Å². The molecular formula is C20H19N5O. The van der Waals surface area contributed by atoms with Gasteiger partial charge in [-0.05, 0) is 56.5 Å². The quantitative estimate of drug-likeness (QED) is 0.556. The van der Waals surface area contributed by atoms with Crippen LogP contribution in [0.4, 0.5) is 0 Å². The van der Waals surface area contributed by atoms with E-state index in [9.17, 15) is 0 Å². The van der Waals surface area contributed by atoms with Crippen molar-refractivity contribution in [3.05, 3.63) is 64.8 Å². The van der Waals surface area contributed by atoms with Crippen LogP contribution < -0.4 is 0 Å². The first-order valence-electron chi connectivity index (χ1n) is 8.44. The average molecular weight is 345 g/mol. The zero-order valence-corrected chi connectivity index (χ0v) is 15.2. The van der Waals surface area contributed by atoms with Crippen LogP contribution in [0.5, 0.6) is 0 Å². The largest absolute Gasteiger partial charge is 0.332 e. The van der Waals surface area contributed by atoms with E-state index in [-0.39, 0.29) is 0 Å². The molecule has 130 valence electrons. The lowest BCUT2D eigenvalue weighted by atomic mass is 10.1. The Morgan fingerprint density at radius 2 is 1.65 bits per heavy atom. The van der Waals surface area contributed by atoms with Crippen LogP contribution >= 0.6 is 0 Å². The summed E-state index contributed by atoms with van der Waals surface area (Å²) in [4.78, 5) is 4.52. The fourth-order valence-corrected chi connectivity index (χ4v) is 3.10. The maximum Gasteiger partial charge on any atom is 0.280 e. The predicted molar refractivity (Wildman–Crippen MR) is 99.0 cm³/mol. The molecule has 0 aliphatic carbocycles. The second-order valence-corrected chi connectivity index (χ2v) is 6.52. The minimum Gasteiger partial charge on any atom is -0.332 e. The molecule has 2 aromatic carbocycles. The number of nitrogens with zero attached hydrogens (tertiary/aromatic N) is 5. The molecule has 0 fully saturated rings. The van der Waals surface area contributed by atoms with Crippen molar-refractivity contribution in [2.75, 3.05) is 0 Å². The van der Waals surface area contributed by atoms with Gasteiger partial charge in [0, 0.05) is 5.56 Å². The molecule has 0 atom stereocenters. The van der Waals surface area contributed by atoms with Gasteiger partial charge in [0.1, 0.15) is 0 Å². The SMILES string of the molecule is Cc1cc(C)cc(-n2nnc(-c3nc(-c4ccccc4C)no3)c2C)c1. The van der Waals surface area contributed by atoms with E-state index in [2.05, 4.69) is 52.5 Å². The Hall–Kier alpha value is -3.28. The highest BCUT2D eigenvalue weighted by atomic mass is 16.5. The van der Waals surface area contributed by atoms with Gasteiger partial charge in [0.25, 0.3) is 5.89 Å². The predicted octanol–water partition coefficient (Wildman–Crippen LogP) is 4.22. The number of aryl methyl sites for hydroxylation is 3. The van der Waals surface area contributed by atoms with Crippen LogP contribution in [0.15, 0.2) is 47.0 Å². The second-order valence-electron chi connectivity index (χ2n) is 6.52. The zero-order chi connectivity index (χ0) is 18.3. The van der Waals surface area contributed by atoms with Crippen molar-refractivity contribution in [1.29, 1.82) is 0 Å². The highest BCUT2D eigenvalue weighted by Gasteiger charge is 2.19. The molecule has 0 aliphatic heterocycles. The highest BCUT2D eigenvalue weighted by Crippen LogP contribution is 2.26. The van der Waals surface area contributed by atoms with E-state index < -0.39 is 0 Å². The number of hydrogen-bond acceptors (Lipinski definition) is 5. The van der Waals surface area contributed by atoms with Crippen LogP contribution in [-0.4, -0.2) is 25.1 Å². The van der Waals surface area contributed by atoms with E-state index in [0.717, 1.165) is 22.5 Å². The fraction of sp³-hybridized carbons (Fsp3) is 0.200. The second kappa shape index (κ2) is 6.22. The molecule has 0 saturated carbocycles. The van der Waals surface area contributed by atoms with Crippen molar-refractivity contribution >= 4 is 0 Å². The molecule has 2 heterocycles. The van der Waals surface area contributed by atoms with Crippen molar-refractivity contribution in [3.63, 3.8) is 0 Å². The maximum absolute atomic E-state index is 5.46. The smallest absolute Gasteiger partial charge is 0.280 e. The Labute approximate surface area is 151 Å². The first-order chi connectivity index (χ1) is 12.5. The topological polar surface area (TPSA) is 69.6 Å². The summed E-state index contributed by atoms with van der Waals surface area (Å²) in [6.45, 7) is 8.10. The molecule has 4 rings (SSSR count). The third-order valence-corrected chi connectivity index (χ3v) is 4.36. The van der Waals surface area contributed by atoms with Crippen molar-refractivity contribution in [1.82, 2.24) is 25.1 Å². The molecule has 0 aliphatic rings. The van der Waals surface area contributed by atoms with Gasteiger partial charge in [-0.3, -0.25) is 0 Å². The van der Waals surface area contributed by atoms with Gasteiger partial charge in [-0.15, -0.1) is 5.10 Å². The van der Waals surface area contributed by atoms with Gasteiger partial charge in [0.15, 0.2) is 5.69 Å². The number of aromatic nitrogens is 5. The van der Waals surface area contributed by atoms with Crippen LogP contribution in [-0.2, 0) is 0 Å². The molecule has 0 saturated heterocycles. The third-order valence-electron chi connectivity index (χ3n) is 4.36. The monoisotopic (exact) mass is 345 g/mol. The molecule has 0 N–H and O–H groups in total. The lowest BCUT2D eigenvalue weighted by molar-refractivity contribution is 0.430. The molecule has 26 heavy (non-hydrogen) atoms. The Kier molecular flexibility index (Phi) is 3.88. The Morgan fingerprint density at radius 1 is 0.923 bits per heavy atom. The Bertz CT molecular complexity index is 1070. The molecule has 0 bridgehead atoms. The standard InChI is InChI=1S/C20H19N5O/c1-12-9-13(2)11-16(10-12)25-15(4)18(22-24-25)20-21-19(23-26-20)17-8-6-5-7-14(17)3/h5-11H,1-4H3. The van der Waals surface area contributed by atoms with Gasteiger partial charge in [0.05, 0.1) is 11.4 Å². The zero-order valence-electron chi connectivity index (χ0n) is 15.2. The lowest BCUT2D eigenvalue weighted by Crippen LogP contribution is -2.00. The number of rotatable bonds is 3. The van der Waals surface area contributed by atoms with Crippen LogP contribution in [0.25, 0.3) is 28.7 Å². The molecule has 0 amide bonds. The number of benzene rings is 2. The van der Waals surface area contributed by atoms with Gasteiger partial charge >= 0.3 is 0 Å². The summed E-state index contributed by atoms with van der Waals surface area (Å²) in [6, 6.07) is 14.2. The fourth-order valence-electron chi connectivity index (χ4n) is 3.10. The van der Waals surface area contributed by atoms with Crippen LogP contribution in [0.1, 0.15) is 22.4 Å². The van der Waals surface area contributed by atoms with E-state index in [0.29, 0.717) is 17.4 Å². The normalized spacial score (nSPS) is 11.1. The third kappa shape index (κ3) is 2.79. The molecule has 6 nitrogen and oxygen atoms in total. The van der Waals surface area contributed by atoms with Gasteiger partial charge in [-0.2, -0.15) is 4.98 Å². The van der Waals surface area contributed by atoms with E-state index in [1.54, 1.807) is 4.68 Å². The lowest BCUT2D eigenvalue weighted by Gasteiger charge is -2.06. The Morgan fingerprint density at radius 3 is 2.38 bits per heavy atom. The van der Waals surface area contributed by atoms with E-state index in [1.807, 2.05) is 38.1 Å². The molecule has 0 spiro atoms. The molecule has 6 heteroatoms. The molecule has 2 aromatic heterocycles. The summed E-state index contributed by atoms with van der Waals surface area (Å²) in [5.74, 6) is 0.926. The van der Waals surface area contributed by atoms with Crippen LogP contribution in [0.3, 0.4) is 0 Å². The van der Waals surface area contributed by atoms with Gasteiger partial charge in [0.2, 0.25) is 5.82 Å².